The fourth-order valence-electron chi connectivity index (χ4n) is 2.97. The van der Waals surface area contributed by atoms with Crippen LogP contribution in [-0.4, -0.2) is 56.3 Å². The second kappa shape index (κ2) is 9.43. The Morgan fingerprint density at radius 1 is 1.37 bits per heavy atom. The minimum Gasteiger partial charge on any atom is -0.373 e. The average molecular weight is 437 g/mol. The van der Waals surface area contributed by atoms with E-state index in [0.717, 1.165) is 5.56 Å². The third-order valence-corrected chi connectivity index (χ3v) is 6.55. The Kier molecular flexibility index (Phi) is 7.76. The molecule has 0 radical (unpaired) electrons. The molecule has 7 nitrogen and oxygen atoms in total. The highest BCUT2D eigenvalue weighted by atomic mass is 35.5. The Morgan fingerprint density at radius 2 is 2.00 bits per heavy atom. The Labute approximate surface area is 170 Å². The fraction of sp³-hybridized carbons (Fsp3) is 0.588. The third kappa shape index (κ3) is 6.50. The molecule has 1 fully saturated rings. The SMILES string of the molecule is CC1CN(S(=O)(=O)CCN=C(N)NC(C)c2ccc(Cl)cc2Cl)CC(C)O1. The molecule has 3 N–H and O–H groups in total. The van der Waals surface area contributed by atoms with Crippen LogP contribution in [-0.2, 0) is 14.8 Å². The standard InChI is InChI=1S/C17H26Cl2N4O3S/c1-11-9-23(10-12(2)26-11)27(24,25)7-6-21-17(20)22-13(3)15-5-4-14(18)8-16(15)19/h4-5,8,11-13H,6-7,9-10H2,1-3H3,(H3,20,21,22). The first-order valence-corrected chi connectivity index (χ1v) is 11.1. The number of nitrogens with two attached hydrogens (primary N) is 1. The van der Waals surface area contributed by atoms with E-state index in [1.165, 1.54) is 4.31 Å². The number of morpholine rings is 1. The van der Waals surface area contributed by atoms with Gasteiger partial charge in [-0.1, -0.05) is 29.3 Å². The van der Waals surface area contributed by atoms with Gasteiger partial charge in [0.1, 0.15) is 0 Å². The van der Waals surface area contributed by atoms with Crippen LogP contribution >= 0.6 is 23.2 Å². The van der Waals surface area contributed by atoms with E-state index < -0.39 is 10.0 Å². The number of rotatable bonds is 6. The predicted octanol–water partition coefficient (Wildman–Crippen LogP) is 2.40. The molecule has 0 amide bonds. The van der Waals surface area contributed by atoms with Crippen LogP contribution in [0.5, 0.6) is 0 Å². The number of hydrogen-bond acceptors (Lipinski definition) is 4. The maximum absolute atomic E-state index is 12.5. The molecule has 1 aromatic carbocycles. The highest BCUT2D eigenvalue weighted by Gasteiger charge is 2.30. The zero-order chi connectivity index (χ0) is 20.2. The Balaban J connectivity index is 1.91. The summed E-state index contributed by atoms with van der Waals surface area (Å²) in [6, 6.07) is 5.00. The molecular weight excluding hydrogens is 411 g/mol. The number of benzene rings is 1. The van der Waals surface area contributed by atoms with Gasteiger partial charge in [0, 0.05) is 23.1 Å². The zero-order valence-electron chi connectivity index (χ0n) is 15.7. The third-order valence-electron chi connectivity index (χ3n) is 4.20. The van der Waals surface area contributed by atoms with Gasteiger partial charge in [0.25, 0.3) is 0 Å². The molecular formula is C17H26Cl2N4O3S. The van der Waals surface area contributed by atoms with Crippen molar-refractivity contribution in [2.24, 2.45) is 10.7 Å². The number of halogens is 2. The molecule has 1 heterocycles. The lowest BCUT2D eigenvalue weighted by molar-refractivity contribution is -0.0440. The van der Waals surface area contributed by atoms with Gasteiger partial charge in [0.2, 0.25) is 10.0 Å². The fourth-order valence-corrected chi connectivity index (χ4v) is 4.99. The van der Waals surface area contributed by atoms with Crippen LogP contribution in [0.3, 0.4) is 0 Å². The van der Waals surface area contributed by atoms with Crippen LogP contribution in [0.4, 0.5) is 0 Å². The van der Waals surface area contributed by atoms with E-state index in [-0.39, 0.29) is 36.5 Å². The number of aliphatic imine (C=N–C) groups is 1. The van der Waals surface area contributed by atoms with Gasteiger partial charge in [-0.25, -0.2) is 8.42 Å². The highest BCUT2D eigenvalue weighted by Crippen LogP contribution is 2.25. The number of sulfonamides is 1. The van der Waals surface area contributed by atoms with Gasteiger partial charge in [-0.3, -0.25) is 4.99 Å². The summed E-state index contributed by atoms with van der Waals surface area (Å²) in [4.78, 5) is 4.13. The van der Waals surface area contributed by atoms with Crippen molar-refractivity contribution in [3.63, 3.8) is 0 Å². The quantitative estimate of drug-likeness (QED) is 0.526. The molecule has 27 heavy (non-hydrogen) atoms. The normalized spacial score (nSPS) is 23.2. The van der Waals surface area contributed by atoms with Crippen LogP contribution in [0.1, 0.15) is 32.4 Å². The first-order chi connectivity index (χ1) is 12.6. The lowest BCUT2D eigenvalue weighted by atomic mass is 10.1. The Bertz CT molecular complexity index is 778. The van der Waals surface area contributed by atoms with Crippen LogP contribution in [0, 0.1) is 0 Å². The van der Waals surface area contributed by atoms with E-state index in [4.69, 9.17) is 33.7 Å². The van der Waals surface area contributed by atoms with Crippen molar-refractivity contribution in [2.75, 3.05) is 25.4 Å². The van der Waals surface area contributed by atoms with Crippen LogP contribution in [0.25, 0.3) is 0 Å². The molecule has 0 saturated carbocycles. The van der Waals surface area contributed by atoms with E-state index in [9.17, 15) is 8.42 Å². The molecule has 1 saturated heterocycles. The highest BCUT2D eigenvalue weighted by molar-refractivity contribution is 7.89. The van der Waals surface area contributed by atoms with Crippen LogP contribution in [0.2, 0.25) is 10.0 Å². The van der Waals surface area contributed by atoms with Gasteiger partial charge < -0.3 is 15.8 Å². The van der Waals surface area contributed by atoms with Gasteiger partial charge in [-0.2, -0.15) is 4.31 Å². The van der Waals surface area contributed by atoms with Gasteiger partial charge in [-0.05, 0) is 38.5 Å². The van der Waals surface area contributed by atoms with Crippen LogP contribution in [0.15, 0.2) is 23.2 Å². The zero-order valence-corrected chi connectivity index (χ0v) is 18.0. The maximum Gasteiger partial charge on any atom is 0.216 e. The molecule has 152 valence electrons. The first-order valence-electron chi connectivity index (χ1n) is 8.73. The van der Waals surface area contributed by atoms with Crippen molar-refractivity contribution in [2.45, 2.75) is 39.0 Å². The summed E-state index contributed by atoms with van der Waals surface area (Å²) >= 11 is 12.1. The monoisotopic (exact) mass is 436 g/mol. The van der Waals surface area contributed by atoms with Gasteiger partial charge in [0.15, 0.2) is 5.96 Å². The van der Waals surface area contributed by atoms with Gasteiger partial charge >= 0.3 is 0 Å². The van der Waals surface area contributed by atoms with Crippen molar-refractivity contribution >= 4 is 39.2 Å². The van der Waals surface area contributed by atoms with Crippen molar-refractivity contribution < 1.29 is 13.2 Å². The minimum atomic E-state index is -3.41. The summed E-state index contributed by atoms with van der Waals surface area (Å²) in [5, 5.41) is 4.08. The predicted molar refractivity (Wildman–Crippen MR) is 110 cm³/mol. The molecule has 3 atom stereocenters. The topological polar surface area (TPSA) is 97.0 Å². The smallest absolute Gasteiger partial charge is 0.216 e. The van der Waals surface area contributed by atoms with E-state index in [1.807, 2.05) is 20.8 Å². The van der Waals surface area contributed by atoms with Crippen LogP contribution < -0.4 is 11.1 Å². The van der Waals surface area contributed by atoms with Gasteiger partial charge in [-0.15, -0.1) is 0 Å². The molecule has 10 heteroatoms. The summed E-state index contributed by atoms with van der Waals surface area (Å²) < 4.78 is 32.0. The number of hydrogen-bond donors (Lipinski definition) is 2. The molecule has 0 aliphatic carbocycles. The molecule has 0 aromatic heterocycles. The second-order valence-corrected chi connectivity index (χ2v) is 9.62. The van der Waals surface area contributed by atoms with Crippen molar-refractivity contribution in [3.8, 4) is 0 Å². The molecule has 2 rings (SSSR count). The molecule has 1 aliphatic rings. The second-order valence-electron chi connectivity index (χ2n) is 6.69. The summed E-state index contributed by atoms with van der Waals surface area (Å²) in [7, 11) is -3.41. The summed E-state index contributed by atoms with van der Waals surface area (Å²) in [5.41, 5.74) is 6.71. The summed E-state index contributed by atoms with van der Waals surface area (Å²) in [5.74, 6) is 0.0534. The van der Waals surface area contributed by atoms with E-state index in [2.05, 4.69) is 10.3 Å². The Hall–Kier alpha value is -1.06. The van der Waals surface area contributed by atoms with E-state index >= 15 is 0 Å². The van der Waals surface area contributed by atoms with Gasteiger partial charge in [0.05, 0.1) is 30.5 Å². The van der Waals surface area contributed by atoms with E-state index in [0.29, 0.717) is 23.1 Å². The largest absolute Gasteiger partial charge is 0.373 e. The lowest BCUT2D eigenvalue weighted by Crippen LogP contribution is -2.49. The Morgan fingerprint density at radius 3 is 2.59 bits per heavy atom. The van der Waals surface area contributed by atoms with E-state index in [1.54, 1.807) is 18.2 Å². The summed E-state index contributed by atoms with van der Waals surface area (Å²) in [6.07, 6.45) is -0.243. The maximum atomic E-state index is 12.5. The van der Waals surface area contributed by atoms with Crippen molar-refractivity contribution in [3.05, 3.63) is 33.8 Å². The first kappa shape index (κ1) is 22.2. The lowest BCUT2D eigenvalue weighted by Gasteiger charge is -2.34. The molecule has 0 bridgehead atoms. The molecule has 0 spiro atoms. The minimum absolute atomic E-state index is 0.0718. The molecule has 1 aromatic rings. The average Bonchev–Trinajstić information content (AvgIpc) is 2.53. The molecule has 1 aliphatic heterocycles. The number of nitrogens with zero attached hydrogens (tertiary/aromatic N) is 2. The molecule has 3 unspecified atom stereocenters. The number of nitrogens with one attached hydrogen (secondary N) is 1. The summed E-state index contributed by atoms with van der Waals surface area (Å²) in [6.45, 7) is 6.39. The number of guanidine groups is 1. The number of ether oxygens (including phenoxy) is 1. The van der Waals surface area contributed by atoms with Crippen molar-refractivity contribution in [1.82, 2.24) is 9.62 Å². The van der Waals surface area contributed by atoms with Crippen molar-refractivity contribution in [1.29, 1.82) is 0 Å².